The summed E-state index contributed by atoms with van der Waals surface area (Å²) in [6.45, 7) is 2.39. The summed E-state index contributed by atoms with van der Waals surface area (Å²) in [5.74, 6) is -0.0551. The van der Waals surface area contributed by atoms with Crippen molar-refractivity contribution in [3.05, 3.63) is 30.5 Å². The minimum atomic E-state index is -4.53. The second-order valence-electron chi connectivity index (χ2n) is 4.01. The molecule has 0 fully saturated rings. The quantitative estimate of drug-likeness (QED) is 0.934. The molecule has 106 valence electrons. The molecule has 2 rings (SSSR count). The summed E-state index contributed by atoms with van der Waals surface area (Å²) in [5.41, 5.74) is -0.462. The molecule has 0 aliphatic heterocycles. The van der Waals surface area contributed by atoms with Gasteiger partial charge in [-0.2, -0.15) is 13.2 Å². The highest BCUT2D eigenvalue weighted by atomic mass is 19.4. The molecule has 1 N–H and O–H groups in total. The Morgan fingerprint density at radius 2 is 1.85 bits per heavy atom. The number of nitrogens with zero attached hydrogens (tertiary/aromatic N) is 4. The molecule has 0 saturated carbocycles. The maximum atomic E-state index is 12.8. The Hall–Kier alpha value is -2.25. The van der Waals surface area contributed by atoms with Gasteiger partial charge in [0.25, 0.3) is 0 Å². The molecule has 0 aliphatic rings. The standard InChI is InChI=1S/C12H12F3N5/c1-2-3-18-11-19-9(8-5-16-7-17-6-8)4-10(20-11)12(13,14)15/h4-7H,2-3H2,1H3,(H,18,19,20). The summed E-state index contributed by atoms with van der Waals surface area (Å²) in [4.78, 5) is 15.1. The van der Waals surface area contributed by atoms with Crippen LogP contribution in [0.4, 0.5) is 19.1 Å². The second-order valence-corrected chi connectivity index (χ2v) is 4.01. The molecule has 5 nitrogen and oxygen atoms in total. The Morgan fingerprint density at radius 1 is 1.15 bits per heavy atom. The van der Waals surface area contributed by atoms with E-state index in [2.05, 4.69) is 25.3 Å². The summed E-state index contributed by atoms with van der Waals surface area (Å²) < 4.78 is 38.5. The summed E-state index contributed by atoms with van der Waals surface area (Å²) in [7, 11) is 0. The van der Waals surface area contributed by atoms with Gasteiger partial charge in [0.15, 0.2) is 5.69 Å². The molecule has 0 aromatic carbocycles. The molecule has 0 saturated heterocycles. The monoisotopic (exact) mass is 283 g/mol. The van der Waals surface area contributed by atoms with E-state index < -0.39 is 11.9 Å². The average molecular weight is 283 g/mol. The van der Waals surface area contributed by atoms with Crippen LogP contribution in [0, 0.1) is 0 Å². The van der Waals surface area contributed by atoms with Gasteiger partial charge >= 0.3 is 6.18 Å². The van der Waals surface area contributed by atoms with Gasteiger partial charge in [0.1, 0.15) is 6.33 Å². The third-order valence-corrected chi connectivity index (χ3v) is 2.41. The average Bonchev–Trinajstić information content (AvgIpc) is 2.45. The zero-order valence-electron chi connectivity index (χ0n) is 10.6. The smallest absolute Gasteiger partial charge is 0.354 e. The van der Waals surface area contributed by atoms with Gasteiger partial charge in [-0.05, 0) is 12.5 Å². The van der Waals surface area contributed by atoms with E-state index >= 15 is 0 Å². The van der Waals surface area contributed by atoms with Crippen molar-refractivity contribution in [3.8, 4) is 11.3 Å². The van der Waals surface area contributed by atoms with Crippen molar-refractivity contribution in [2.75, 3.05) is 11.9 Å². The molecule has 0 unspecified atom stereocenters. The zero-order chi connectivity index (χ0) is 14.6. The van der Waals surface area contributed by atoms with E-state index in [1.807, 2.05) is 6.92 Å². The number of hydrogen-bond acceptors (Lipinski definition) is 5. The summed E-state index contributed by atoms with van der Waals surface area (Å²) in [6, 6.07) is 0.885. The van der Waals surface area contributed by atoms with Crippen molar-refractivity contribution in [3.63, 3.8) is 0 Å². The lowest BCUT2D eigenvalue weighted by molar-refractivity contribution is -0.141. The molecule has 0 radical (unpaired) electrons. The first kappa shape index (κ1) is 14.2. The van der Waals surface area contributed by atoms with Gasteiger partial charge in [0.2, 0.25) is 5.95 Å². The highest BCUT2D eigenvalue weighted by molar-refractivity contribution is 5.58. The summed E-state index contributed by atoms with van der Waals surface area (Å²) in [6.07, 6.45) is 0.323. The van der Waals surface area contributed by atoms with Crippen molar-refractivity contribution >= 4 is 5.95 Å². The van der Waals surface area contributed by atoms with Crippen molar-refractivity contribution in [2.24, 2.45) is 0 Å². The first-order chi connectivity index (χ1) is 9.50. The van der Waals surface area contributed by atoms with E-state index in [1.54, 1.807) is 0 Å². The molecule has 0 spiro atoms. The van der Waals surface area contributed by atoms with Crippen LogP contribution in [0.25, 0.3) is 11.3 Å². The van der Waals surface area contributed by atoms with Gasteiger partial charge in [-0.3, -0.25) is 0 Å². The third-order valence-electron chi connectivity index (χ3n) is 2.41. The lowest BCUT2D eigenvalue weighted by Gasteiger charge is -2.11. The third kappa shape index (κ3) is 3.40. The van der Waals surface area contributed by atoms with E-state index in [1.165, 1.54) is 18.7 Å². The number of halogens is 3. The molecular weight excluding hydrogens is 271 g/mol. The van der Waals surface area contributed by atoms with Crippen LogP contribution in [0.1, 0.15) is 19.0 Å². The maximum Gasteiger partial charge on any atom is 0.433 e. The topological polar surface area (TPSA) is 63.6 Å². The predicted molar refractivity (Wildman–Crippen MR) is 66.8 cm³/mol. The molecule has 0 atom stereocenters. The fraction of sp³-hybridized carbons (Fsp3) is 0.333. The van der Waals surface area contributed by atoms with Crippen LogP contribution in [0.5, 0.6) is 0 Å². The number of anilines is 1. The fourth-order valence-electron chi connectivity index (χ4n) is 1.49. The van der Waals surface area contributed by atoms with Crippen LogP contribution < -0.4 is 5.32 Å². The number of rotatable bonds is 4. The first-order valence-corrected chi connectivity index (χ1v) is 5.96. The molecule has 8 heteroatoms. The Labute approximate surface area is 113 Å². The van der Waals surface area contributed by atoms with Crippen LogP contribution in [-0.2, 0) is 6.18 Å². The molecule has 0 bridgehead atoms. The van der Waals surface area contributed by atoms with Gasteiger partial charge in [-0.15, -0.1) is 0 Å². The number of aromatic nitrogens is 4. The van der Waals surface area contributed by atoms with Gasteiger partial charge in [-0.1, -0.05) is 6.92 Å². The van der Waals surface area contributed by atoms with Crippen molar-refractivity contribution < 1.29 is 13.2 Å². The minimum Gasteiger partial charge on any atom is -0.354 e. The van der Waals surface area contributed by atoms with Gasteiger partial charge in [0, 0.05) is 24.5 Å². The van der Waals surface area contributed by atoms with Crippen LogP contribution in [0.2, 0.25) is 0 Å². The zero-order valence-corrected chi connectivity index (χ0v) is 10.6. The normalized spacial score (nSPS) is 11.4. The van der Waals surface area contributed by atoms with E-state index in [0.29, 0.717) is 12.1 Å². The van der Waals surface area contributed by atoms with E-state index in [0.717, 1.165) is 12.5 Å². The number of hydrogen-bond donors (Lipinski definition) is 1. The van der Waals surface area contributed by atoms with E-state index in [9.17, 15) is 13.2 Å². The van der Waals surface area contributed by atoms with Crippen molar-refractivity contribution in [1.82, 2.24) is 19.9 Å². The minimum absolute atomic E-state index is 0.0551. The lowest BCUT2D eigenvalue weighted by atomic mass is 10.2. The van der Waals surface area contributed by atoms with E-state index in [-0.39, 0.29) is 11.6 Å². The Balaban J connectivity index is 2.46. The van der Waals surface area contributed by atoms with Crippen molar-refractivity contribution in [1.29, 1.82) is 0 Å². The summed E-state index contributed by atoms with van der Waals surface area (Å²) in [5, 5.41) is 2.75. The van der Waals surface area contributed by atoms with Crippen LogP contribution in [0.3, 0.4) is 0 Å². The molecule has 20 heavy (non-hydrogen) atoms. The molecule has 2 heterocycles. The number of nitrogens with one attached hydrogen (secondary N) is 1. The van der Waals surface area contributed by atoms with Crippen LogP contribution in [0.15, 0.2) is 24.8 Å². The molecule has 2 aromatic rings. The maximum absolute atomic E-state index is 12.8. The fourth-order valence-corrected chi connectivity index (χ4v) is 1.49. The first-order valence-electron chi connectivity index (χ1n) is 5.96. The number of alkyl halides is 3. The van der Waals surface area contributed by atoms with Crippen LogP contribution in [-0.4, -0.2) is 26.5 Å². The Kier molecular flexibility index (Phi) is 4.11. The Morgan fingerprint density at radius 3 is 2.45 bits per heavy atom. The SMILES string of the molecule is CCCNc1nc(-c2cncnc2)cc(C(F)(F)F)n1. The van der Waals surface area contributed by atoms with Gasteiger partial charge in [-0.25, -0.2) is 19.9 Å². The molecular formula is C12H12F3N5. The highest BCUT2D eigenvalue weighted by Gasteiger charge is 2.33. The van der Waals surface area contributed by atoms with Gasteiger partial charge < -0.3 is 5.32 Å². The summed E-state index contributed by atoms with van der Waals surface area (Å²) >= 11 is 0. The largest absolute Gasteiger partial charge is 0.433 e. The van der Waals surface area contributed by atoms with Crippen LogP contribution >= 0.6 is 0 Å². The van der Waals surface area contributed by atoms with E-state index in [4.69, 9.17) is 0 Å². The Bertz CT molecular complexity index is 571. The highest BCUT2D eigenvalue weighted by Crippen LogP contribution is 2.30. The molecule has 2 aromatic heterocycles. The van der Waals surface area contributed by atoms with Crippen molar-refractivity contribution in [2.45, 2.75) is 19.5 Å². The molecule has 0 aliphatic carbocycles. The predicted octanol–water partition coefficient (Wildman–Crippen LogP) is 2.77. The second kappa shape index (κ2) is 5.81. The lowest BCUT2D eigenvalue weighted by Crippen LogP contribution is -2.13. The molecule has 0 amide bonds. The van der Waals surface area contributed by atoms with Gasteiger partial charge in [0.05, 0.1) is 5.69 Å².